The van der Waals surface area contributed by atoms with Crippen LogP contribution in [0.1, 0.15) is 187 Å². The lowest BCUT2D eigenvalue weighted by molar-refractivity contribution is -0.305. The maximum absolute atomic E-state index is 12.7. The number of unbranched alkanes of at least 4 members (excludes halogenated alkanes) is 21. The Hall–Kier alpha value is -1.59. The molecule has 0 aromatic rings. The average molecular weight is 781 g/mol. The number of allylic oxidation sites excluding steroid dienone is 6. The molecule has 0 aliphatic carbocycles. The molecule has 0 aromatic heterocycles. The van der Waals surface area contributed by atoms with Gasteiger partial charge in [-0.1, -0.05) is 172 Å². The molecule has 322 valence electrons. The van der Waals surface area contributed by atoms with Crippen LogP contribution in [-0.2, 0) is 23.7 Å². The first-order valence-electron chi connectivity index (χ1n) is 22.6. The van der Waals surface area contributed by atoms with Gasteiger partial charge in [-0.25, -0.2) is 0 Å². The molecule has 0 radical (unpaired) electrons. The minimum absolute atomic E-state index is 0.123. The molecular formula is C46H84O9. The van der Waals surface area contributed by atoms with E-state index in [2.05, 4.69) is 50.3 Å². The second-order valence-electron chi connectivity index (χ2n) is 15.5. The minimum Gasteiger partial charge on any atom is -0.457 e. The first-order chi connectivity index (χ1) is 26.9. The number of aliphatic hydroxyl groups is 4. The molecule has 1 fully saturated rings. The molecule has 1 heterocycles. The summed E-state index contributed by atoms with van der Waals surface area (Å²) in [7, 11) is 0. The Morgan fingerprint density at radius 1 is 0.600 bits per heavy atom. The highest BCUT2D eigenvalue weighted by molar-refractivity contribution is 5.69. The van der Waals surface area contributed by atoms with Crippen molar-refractivity contribution in [3.8, 4) is 0 Å². The maximum Gasteiger partial charge on any atom is 0.306 e. The van der Waals surface area contributed by atoms with Crippen LogP contribution >= 0.6 is 0 Å². The Bertz CT molecular complexity index is 936. The van der Waals surface area contributed by atoms with Crippen LogP contribution in [0, 0.1) is 0 Å². The van der Waals surface area contributed by atoms with E-state index in [-0.39, 0.29) is 25.6 Å². The maximum atomic E-state index is 12.7. The van der Waals surface area contributed by atoms with E-state index in [1.807, 2.05) is 0 Å². The Labute approximate surface area is 336 Å². The van der Waals surface area contributed by atoms with Gasteiger partial charge in [0.05, 0.1) is 19.8 Å². The van der Waals surface area contributed by atoms with Gasteiger partial charge in [0, 0.05) is 13.0 Å². The van der Waals surface area contributed by atoms with Crippen LogP contribution in [0.4, 0.5) is 0 Å². The number of carbonyl (C=O) groups is 1. The van der Waals surface area contributed by atoms with Gasteiger partial charge in [0.2, 0.25) is 0 Å². The fourth-order valence-corrected chi connectivity index (χ4v) is 6.80. The summed E-state index contributed by atoms with van der Waals surface area (Å²) in [4.78, 5) is 12.7. The van der Waals surface area contributed by atoms with E-state index in [1.54, 1.807) is 0 Å². The zero-order valence-corrected chi connectivity index (χ0v) is 35.2. The molecule has 55 heavy (non-hydrogen) atoms. The van der Waals surface area contributed by atoms with Gasteiger partial charge in [-0.2, -0.15) is 0 Å². The summed E-state index contributed by atoms with van der Waals surface area (Å²) in [5.41, 5.74) is 0. The van der Waals surface area contributed by atoms with Gasteiger partial charge >= 0.3 is 5.97 Å². The van der Waals surface area contributed by atoms with Crippen molar-refractivity contribution in [2.24, 2.45) is 0 Å². The molecule has 9 nitrogen and oxygen atoms in total. The summed E-state index contributed by atoms with van der Waals surface area (Å²) >= 11 is 0. The highest BCUT2D eigenvalue weighted by Gasteiger charge is 2.44. The van der Waals surface area contributed by atoms with Crippen LogP contribution in [0.15, 0.2) is 36.5 Å². The molecular weight excluding hydrogens is 696 g/mol. The van der Waals surface area contributed by atoms with Crippen molar-refractivity contribution < 1.29 is 44.2 Å². The fraction of sp³-hybridized carbons (Fsp3) is 0.848. The summed E-state index contributed by atoms with van der Waals surface area (Å²) in [6.45, 7) is 4.42. The van der Waals surface area contributed by atoms with E-state index in [0.717, 1.165) is 57.8 Å². The highest BCUT2D eigenvalue weighted by Crippen LogP contribution is 2.22. The lowest BCUT2D eigenvalue weighted by Crippen LogP contribution is -2.59. The molecule has 1 rings (SSSR count). The van der Waals surface area contributed by atoms with E-state index in [0.29, 0.717) is 6.61 Å². The van der Waals surface area contributed by atoms with E-state index in [9.17, 15) is 25.2 Å². The molecule has 0 amide bonds. The van der Waals surface area contributed by atoms with Crippen molar-refractivity contribution in [1.82, 2.24) is 0 Å². The summed E-state index contributed by atoms with van der Waals surface area (Å²) in [6.07, 6.45) is 37.5. The molecule has 1 aliphatic rings. The normalized spacial score (nSPS) is 21.0. The zero-order valence-electron chi connectivity index (χ0n) is 35.2. The SMILES string of the molecule is CC/C=C\C/C=C\C/C=C\CCCCCC(=O)OC(COCCCCCCCCCCCCCCCCCCCCC)COC1OC(CO)C(O)C(O)C1O. The van der Waals surface area contributed by atoms with Gasteiger partial charge in [-0.3, -0.25) is 4.79 Å². The summed E-state index contributed by atoms with van der Waals surface area (Å²) < 4.78 is 22.8. The van der Waals surface area contributed by atoms with E-state index < -0.39 is 43.4 Å². The first-order valence-corrected chi connectivity index (χ1v) is 22.6. The predicted molar refractivity (Wildman–Crippen MR) is 224 cm³/mol. The molecule has 4 N–H and O–H groups in total. The average Bonchev–Trinajstić information content (AvgIpc) is 3.18. The van der Waals surface area contributed by atoms with Crippen LogP contribution in [0.25, 0.3) is 0 Å². The molecule has 0 saturated carbocycles. The third-order valence-electron chi connectivity index (χ3n) is 10.3. The molecule has 0 aromatic carbocycles. The molecule has 1 saturated heterocycles. The van der Waals surface area contributed by atoms with E-state index in [4.69, 9.17) is 18.9 Å². The lowest BCUT2D eigenvalue weighted by atomic mass is 9.99. The van der Waals surface area contributed by atoms with Crippen molar-refractivity contribution in [3.63, 3.8) is 0 Å². The molecule has 0 spiro atoms. The van der Waals surface area contributed by atoms with Gasteiger partial charge in [-0.05, 0) is 44.9 Å². The first kappa shape index (κ1) is 51.4. The summed E-state index contributed by atoms with van der Waals surface area (Å²) in [5, 5.41) is 40.1. The van der Waals surface area contributed by atoms with Crippen molar-refractivity contribution >= 4 is 5.97 Å². The summed E-state index contributed by atoms with van der Waals surface area (Å²) in [5.74, 6) is -0.340. The molecule has 0 bridgehead atoms. The Balaban J connectivity index is 2.25. The predicted octanol–water partition coefficient (Wildman–Crippen LogP) is 9.97. The quantitative estimate of drug-likeness (QED) is 0.0274. The second kappa shape index (κ2) is 38.0. The smallest absolute Gasteiger partial charge is 0.306 e. The number of carbonyl (C=O) groups excluding carboxylic acids is 1. The standard InChI is InChI=1S/C46H84O9/c1-3-5-7-9-11-13-15-17-18-19-20-21-22-24-26-28-30-32-34-36-52-38-40(39-53-46-45(51)44(50)43(49)41(37-47)55-46)54-42(48)35-33-31-29-27-25-23-16-14-12-10-8-6-4-2/h6,8,12,14,23,25,40-41,43-47,49-51H,3-5,7,9-11,13,15-22,24,26-39H2,1-2H3/b8-6-,14-12-,25-23-. The van der Waals surface area contributed by atoms with E-state index in [1.165, 1.54) is 109 Å². The fourth-order valence-electron chi connectivity index (χ4n) is 6.80. The number of rotatable bonds is 38. The molecule has 6 unspecified atom stereocenters. The van der Waals surface area contributed by atoms with Crippen molar-refractivity contribution in [2.75, 3.05) is 26.4 Å². The third kappa shape index (κ3) is 29.3. The Morgan fingerprint density at radius 2 is 1.11 bits per heavy atom. The molecule has 6 atom stereocenters. The third-order valence-corrected chi connectivity index (χ3v) is 10.3. The monoisotopic (exact) mass is 781 g/mol. The van der Waals surface area contributed by atoms with E-state index >= 15 is 0 Å². The lowest BCUT2D eigenvalue weighted by Gasteiger charge is -2.39. The molecule has 1 aliphatic heterocycles. The largest absolute Gasteiger partial charge is 0.457 e. The number of esters is 1. The van der Waals surface area contributed by atoms with Crippen molar-refractivity contribution in [1.29, 1.82) is 0 Å². The Kier molecular flexibility index (Phi) is 35.5. The Morgan fingerprint density at radius 3 is 1.65 bits per heavy atom. The zero-order chi connectivity index (χ0) is 40.0. The summed E-state index contributed by atoms with van der Waals surface area (Å²) in [6, 6.07) is 0. The van der Waals surface area contributed by atoms with Crippen LogP contribution in [-0.4, -0.2) is 89.6 Å². The van der Waals surface area contributed by atoms with Crippen molar-refractivity contribution in [3.05, 3.63) is 36.5 Å². The van der Waals surface area contributed by atoms with Gasteiger partial charge in [0.1, 0.15) is 30.5 Å². The van der Waals surface area contributed by atoms with Crippen LogP contribution in [0.5, 0.6) is 0 Å². The van der Waals surface area contributed by atoms with Gasteiger partial charge in [0.15, 0.2) is 6.29 Å². The van der Waals surface area contributed by atoms with Crippen LogP contribution in [0.2, 0.25) is 0 Å². The van der Waals surface area contributed by atoms with Crippen LogP contribution in [0.3, 0.4) is 0 Å². The second-order valence-corrected chi connectivity index (χ2v) is 15.5. The van der Waals surface area contributed by atoms with Crippen LogP contribution < -0.4 is 0 Å². The highest BCUT2D eigenvalue weighted by atomic mass is 16.7. The van der Waals surface area contributed by atoms with Crippen molar-refractivity contribution in [2.45, 2.75) is 224 Å². The number of hydrogen-bond donors (Lipinski definition) is 4. The van der Waals surface area contributed by atoms with Gasteiger partial charge in [0.25, 0.3) is 0 Å². The molecule has 9 heteroatoms. The number of hydrogen-bond acceptors (Lipinski definition) is 9. The van der Waals surface area contributed by atoms with Gasteiger partial charge in [-0.15, -0.1) is 0 Å². The number of ether oxygens (including phenoxy) is 4. The minimum atomic E-state index is -1.54. The topological polar surface area (TPSA) is 135 Å². The number of aliphatic hydroxyl groups excluding tert-OH is 4. The van der Waals surface area contributed by atoms with Gasteiger partial charge < -0.3 is 39.4 Å².